The molecule has 0 atom stereocenters. The van der Waals surface area contributed by atoms with Gasteiger partial charge in [-0.2, -0.15) is 0 Å². The van der Waals surface area contributed by atoms with Crippen molar-refractivity contribution in [3.8, 4) is 22.8 Å². The molecule has 4 nitrogen and oxygen atoms in total. The summed E-state index contributed by atoms with van der Waals surface area (Å²) < 4.78 is 11.5. The van der Waals surface area contributed by atoms with Gasteiger partial charge in [0.15, 0.2) is 0 Å². The Morgan fingerprint density at radius 2 is 1.23 bits per heavy atom. The summed E-state index contributed by atoms with van der Waals surface area (Å²) >= 11 is 0. The summed E-state index contributed by atoms with van der Waals surface area (Å²) in [5.74, 6) is 0.984. The first-order valence-corrected chi connectivity index (χ1v) is 15.2. The van der Waals surface area contributed by atoms with E-state index >= 15 is 0 Å². The van der Waals surface area contributed by atoms with Crippen LogP contribution in [0.1, 0.15) is 113 Å². The minimum absolute atomic E-state index is 0.338. The molecule has 0 unspecified atom stereocenters. The number of unbranched alkanes of at least 4 members (excludes halogenated alkanes) is 11. The van der Waals surface area contributed by atoms with Crippen molar-refractivity contribution in [3.05, 3.63) is 78.0 Å². The Kier molecular flexibility index (Phi) is 14.2. The van der Waals surface area contributed by atoms with E-state index in [9.17, 15) is 4.79 Å². The first-order valence-electron chi connectivity index (χ1n) is 15.2. The zero-order valence-electron chi connectivity index (χ0n) is 24.1. The third-order valence-electron chi connectivity index (χ3n) is 7.12. The summed E-state index contributed by atoms with van der Waals surface area (Å²) in [6, 6.07) is 19.2. The van der Waals surface area contributed by atoms with Gasteiger partial charge in [-0.1, -0.05) is 96.6 Å². The maximum atomic E-state index is 12.6. The highest BCUT2D eigenvalue weighted by Crippen LogP contribution is 2.23. The minimum atomic E-state index is -0.338. The van der Waals surface area contributed by atoms with Crippen LogP contribution in [0.25, 0.3) is 11.3 Å². The van der Waals surface area contributed by atoms with Crippen LogP contribution in [0.3, 0.4) is 0 Å². The molecule has 0 amide bonds. The van der Waals surface area contributed by atoms with E-state index in [1.165, 1.54) is 82.6 Å². The van der Waals surface area contributed by atoms with Gasteiger partial charge in [0.05, 0.1) is 24.1 Å². The number of pyridine rings is 1. The van der Waals surface area contributed by atoms with Crippen molar-refractivity contribution in [2.45, 2.75) is 104 Å². The van der Waals surface area contributed by atoms with Gasteiger partial charge in [0.2, 0.25) is 0 Å². The fourth-order valence-corrected chi connectivity index (χ4v) is 4.66. The first kappa shape index (κ1) is 30.4. The lowest BCUT2D eigenvalue weighted by molar-refractivity contribution is 0.0734. The molecule has 39 heavy (non-hydrogen) atoms. The number of carbonyl (C=O) groups is 1. The highest BCUT2D eigenvalue weighted by atomic mass is 16.5. The molecule has 3 aromatic rings. The topological polar surface area (TPSA) is 48.4 Å². The molecule has 0 aliphatic heterocycles. The number of rotatable bonds is 19. The lowest BCUT2D eigenvalue weighted by atomic mass is 10.0. The molecule has 0 fully saturated rings. The molecule has 3 rings (SSSR count). The molecule has 0 bridgehead atoms. The van der Waals surface area contributed by atoms with Gasteiger partial charge in [-0.3, -0.25) is 4.98 Å². The van der Waals surface area contributed by atoms with Crippen LogP contribution in [0.5, 0.6) is 11.5 Å². The fraction of sp³-hybridized carbons (Fsp3) is 0.486. The summed E-state index contributed by atoms with van der Waals surface area (Å²) in [5.41, 5.74) is 3.66. The Morgan fingerprint density at radius 3 is 1.85 bits per heavy atom. The molecule has 0 saturated heterocycles. The molecule has 0 radical (unpaired) electrons. The highest BCUT2D eigenvalue weighted by molar-refractivity contribution is 5.91. The summed E-state index contributed by atoms with van der Waals surface area (Å²) in [7, 11) is 0. The van der Waals surface area contributed by atoms with E-state index in [0.717, 1.165) is 36.5 Å². The molecule has 0 aliphatic rings. The normalized spacial score (nSPS) is 10.9. The van der Waals surface area contributed by atoms with Crippen LogP contribution in [-0.2, 0) is 6.42 Å². The van der Waals surface area contributed by atoms with Crippen molar-refractivity contribution in [1.29, 1.82) is 0 Å². The van der Waals surface area contributed by atoms with Crippen LogP contribution >= 0.6 is 0 Å². The Morgan fingerprint density at radius 1 is 0.641 bits per heavy atom. The molecule has 4 heteroatoms. The van der Waals surface area contributed by atoms with Crippen LogP contribution < -0.4 is 9.47 Å². The van der Waals surface area contributed by atoms with E-state index in [2.05, 4.69) is 18.8 Å². The smallest absolute Gasteiger partial charge is 0.343 e. The summed E-state index contributed by atoms with van der Waals surface area (Å²) in [5, 5.41) is 0. The summed E-state index contributed by atoms with van der Waals surface area (Å²) in [4.78, 5) is 17.2. The lowest BCUT2D eigenvalue weighted by Gasteiger charge is -2.08. The monoisotopic (exact) mass is 529 g/mol. The van der Waals surface area contributed by atoms with Gasteiger partial charge in [0.25, 0.3) is 0 Å². The van der Waals surface area contributed by atoms with Gasteiger partial charge in [-0.15, -0.1) is 0 Å². The second kappa shape index (κ2) is 18.2. The van der Waals surface area contributed by atoms with E-state index in [0.29, 0.717) is 11.3 Å². The molecular weight excluding hydrogens is 482 g/mol. The van der Waals surface area contributed by atoms with Crippen LogP contribution in [0, 0.1) is 0 Å². The molecule has 2 aromatic carbocycles. The zero-order valence-corrected chi connectivity index (χ0v) is 24.1. The van der Waals surface area contributed by atoms with Crippen molar-refractivity contribution in [2.24, 2.45) is 0 Å². The third-order valence-corrected chi connectivity index (χ3v) is 7.12. The SMILES string of the molecule is CCCCCCCCCOc1ccc(-c2ccc(OC(=O)c3ccc(CCCCCCCC)cc3)cc2)nc1. The lowest BCUT2D eigenvalue weighted by Crippen LogP contribution is -2.08. The molecule has 0 aliphatic carbocycles. The van der Waals surface area contributed by atoms with Crippen molar-refractivity contribution in [1.82, 2.24) is 4.98 Å². The number of esters is 1. The van der Waals surface area contributed by atoms with E-state index in [1.54, 1.807) is 6.20 Å². The Balaban J connectivity index is 1.39. The number of carbonyl (C=O) groups excluding carboxylic acids is 1. The summed E-state index contributed by atoms with van der Waals surface area (Å²) in [6.45, 7) is 5.22. The average Bonchev–Trinajstić information content (AvgIpc) is 2.97. The van der Waals surface area contributed by atoms with Crippen molar-refractivity contribution >= 4 is 5.97 Å². The quantitative estimate of drug-likeness (QED) is 0.0880. The van der Waals surface area contributed by atoms with Crippen LogP contribution in [0.4, 0.5) is 0 Å². The van der Waals surface area contributed by atoms with Gasteiger partial charge >= 0.3 is 5.97 Å². The van der Waals surface area contributed by atoms with Gasteiger partial charge in [-0.05, 0) is 73.4 Å². The van der Waals surface area contributed by atoms with E-state index in [-0.39, 0.29) is 5.97 Å². The number of nitrogens with zero attached hydrogens (tertiary/aromatic N) is 1. The second-order valence-electron chi connectivity index (χ2n) is 10.5. The molecular formula is C35H47NO3. The van der Waals surface area contributed by atoms with E-state index in [1.807, 2.05) is 60.7 Å². The van der Waals surface area contributed by atoms with Gasteiger partial charge < -0.3 is 9.47 Å². The Hall–Kier alpha value is -3.14. The molecule has 0 N–H and O–H groups in total. The molecule has 0 saturated carbocycles. The highest BCUT2D eigenvalue weighted by Gasteiger charge is 2.09. The maximum Gasteiger partial charge on any atom is 0.343 e. The number of hydrogen-bond donors (Lipinski definition) is 0. The van der Waals surface area contributed by atoms with E-state index in [4.69, 9.17) is 9.47 Å². The largest absolute Gasteiger partial charge is 0.492 e. The van der Waals surface area contributed by atoms with Gasteiger partial charge in [0, 0.05) is 5.56 Å². The summed E-state index contributed by atoms with van der Waals surface area (Å²) in [6.07, 6.45) is 19.5. The Labute approximate surface area is 236 Å². The average molecular weight is 530 g/mol. The molecule has 1 aromatic heterocycles. The molecule has 0 spiro atoms. The number of ether oxygens (including phenoxy) is 2. The second-order valence-corrected chi connectivity index (χ2v) is 10.5. The predicted octanol–water partition coefficient (Wildman–Crippen LogP) is 10.0. The number of aromatic nitrogens is 1. The predicted molar refractivity (Wildman–Crippen MR) is 162 cm³/mol. The van der Waals surface area contributed by atoms with Crippen molar-refractivity contribution in [2.75, 3.05) is 6.61 Å². The minimum Gasteiger partial charge on any atom is -0.492 e. The third kappa shape index (κ3) is 11.6. The number of hydrogen-bond acceptors (Lipinski definition) is 4. The van der Waals surface area contributed by atoms with Crippen LogP contribution in [-0.4, -0.2) is 17.6 Å². The fourth-order valence-electron chi connectivity index (χ4n) is 4.66. The number of aryl methyl sites for hydroxylation is 1. The maximum absolute atomic E-state index is 12.6. The van der Waals surface area contributed by atoms with Crippen molar-refractivity contribution in [3.63, 3.8) is 0 Å². The molecule has 210 valence electrons. The standard InChI is InChI=1S/C35H47NO3/c1-3-5-7-9-11-13-15-27-38-33-25-26-34(36-28-33)30-21-23-32(24-22-30)39-35(37)31-19-17-29(18-20-31)16-14-12-10-8-6-4-2/h17-26,28H,3-16,27H2,1-2H3. The van der Waals surface area contributed by atoms with Crippen molar-refractivity contribution < 1.29 is 14.3 Å². The Bertz CT molecular complexity index is 1060. The van der Waals surface area contributed by atoms with E-state index < -0.39 is 0 Å². The van der Waals surface area contributed by atoms with Gasteiger partial charge in [0.1, 0.15) is 11.5 Å². The van der Waals surface area contributed by atoms with Gasteiger partial charge in [-0.25, -0.2) is 4.79 Å². The molecule has 1 heterocycles. The number of benzene rings is 2. The van der Waals surface area contributed by atoms with Crippen LogP contribution in [0.2, 0.25) is 0 Å². The van der Waals surface area contributed by atoms with Crippen LogP contribution in [0.15, 0.2) is 66.9 Å². The zero-order chi connectivity index (χ0) is 27.5. The first-order chi connectivity index (χ1) is 19.2.